The van der Waals surface area contributed by atoms with Crippen molar-refractivity contribution in [3.8, 4) is 0 Å². The van der Waals surface area contributed by atoms with Crippen molar-refractivity contribution < 1.29 is 28.7 Å². The Balaban J connectivity index is 1.66. The van der Waals surface area contributed by atoms with E-state index in [0.29, 0.717) is 6.54 Å². The van der Waals surface area contributed by atoms with Gasteiger partial charge in [-0.3, -0.25) is 19.2 Å². The summed E-state index contributed by atoms with van der Waals surface area (Å²) in [6.07, 6.45) is -0.207. The maximum Gasteiger partial charge on any atom is 0.314 e. The first-order valence-electron chi connectivity index (χ1n) is 13.5. The van der Waals surface area contributed by atoms with Crippen molar-refractivity contribution in [3.63, 3.8) is 0 Å². The van der Waals surface area contributed by atoms with Crippen LogP contribution in [0.15, 0.2) is 60.7 Å². The van der Waals surface area contributed by atoms with E-state index < -0.39 is 47.8 Å². The second-order valence-corrected chi connectivity index (χ2v) is 10.3. The lowest BCUT2D eigenvalue weighted by Gasteiger charge is -2.38. The fourth-order valence-electron chi connectivity index (χ4n) is 4.32. The zero-order valence-corrected chi connectivity index (χ0v) is 23.0. The summed E-state index contributed by atoms with van der Waals surface area (Å²) < 4.78 is 10.9. The molecule has 3 rings (SSSR count). The highest BCUT2D eigenvalue weighted by atomic mass is 16.6. The molecule has 0 spiro atoms. The van der Waals surface area contributed by atoms with E-state index in [-0.39, 0.29) is 25.0 Å². The number of carbonyl (C=O) groups excluding carboxylic acids is 4. The van der Waals surface area contributed by atoms with Crippen LogP contribution in [0.2, 0.25) is 0 Å². The molecule has 3 amide bonds. The van der Waals surface area contributed by atoms with Gasteiger partial charge < -0.3 is 25.4 Å². The number of hydrogen-bond donors (Lipinski definition) is 3. The second-order valence-electron chi connectivity index (χ2n) is 10.3. The molecule has 210 valence electrons. The first-order chi connectivity index (χ1) is 18.7. The number of ether oxygens (including phenoxy) is 2. The van der Waals surface area contributed by atoms with E-state index in [2.05, 4.69) is 16.0 Å². The van der Waals surface area contributed by atoms with Crippen LogP contribution in [0, 0.1) is 17.8 Å². The lowest BCUT2D eigenvalue weighted by atomic mass is 9.82. The molecule has 1 heterocycles. The van der Waals surface area contributed by atoms with E-state index in [4.69, 9.17) is 9.47 Å². The van der Waals surface area contributed by atoms with Gasteiger partial charge in [0.15, 0.2) is 6.10 Å². The van der Waals surface area contributed by atoms with Crippen molar-refractivity contribution in [2.24, 2.45) is 17.8 Å². The highest BCUT2D eigenvalue weighted by Crippen LogP contribution is 2.31. The maximum absolute atomic E-state index is 13.3. The van der Waals surface area contributed by atoms with Crippen LogP contribution in [0.4, 0.5) is 0 Å². The molecule has 0 saturated carbocycles. The summed E-state index contributed by atoms with van der Waals surface area (Å²) in [7, 11) is 0. The van der Waals surface area contributed by atoms with Crippen LogP contribution in [0.1, 0.15) is 45.2 Å². The Labute approximate surface area is 230 Å². The molecule has 1 saturated heterocycles. The van der Waals surface area contributed by atoms with E-state index in [9.17, 15) is 19.2 Å². The molecule has 0 radical (unpaired) electrons. The maximum atomic E-state index is 13.3. The Morgan fingerprint density at radius 3 is 2.08 bits per heavy atom. The van der Waals surface area contributed by atoms with Crippen LogP contribution in [0.25, 0.3) is 0 Å². The van der Waals surface area contributed by atoms with Crippen LogP contribution in [-0.2, 0) is 41.8 Å². The molecule has 0 bridgehead atoms. The van der Waals surface area contributed by atoms with Gasteiger partial charge in [0.2, 0.25) is 11.8 Å². The molecule has 0 aliphatic carbocycles. The smallest absolute Gasteiger partial charge is 0.314 e. The fourth-order valence-corrected chi connectivity index (χ4v) is 4.32. The number of benzene rings is 2. The largest absolute Gasteiger partial charge is 0.451 e. The number of carbonyl (C=O) groups is 4. The van der Waals surface area contributed by atoms with E-state index in [1.54, 1.807) is 13.8 Å². The molecule has 2 aromatic carbocycles. The van der Waals surface area contributed by atoms with Crippen molar-refractivity contribution in [2.75, 3.05) is 6.61 Å². The van der Waals surface area contributed by atoms with E-state index in [0.717, 1.165) is 17.5 Å². The van der Waals surface area contributed by atoms with Gasteiger partial charge in [0.05, 0.1) is 13.2 Å². The van der Waals surface area contributed by atoms with Gasteiger partial charge >= 0.3 is 5.97 Å². The molecule has 9 heteroatoms. The Morgan fingerprint density at radius 1 is 0.897 bits per heavy atom. The van der Waals surface area contributed by atoms with Crippen molar-refractivity contribution in [1.29, 1.82) is 0 Å². The zero-order chi connectivity index (χ0) is 28.4. The fraction of sp³-hybridized carbons (Fsp3) is 0.467. The molecule has 1 fully saturated rings. The molecule has 1 aliphatic rings. The van der Waals surface area contributed by atoms with Gasteiger partial charge in [-0.15, -0.1) is 0 Å². The van der Waals surface area contributed by atoms with Crippen LogP contribution >= 0.6 is 0 Å². The Kier molecular flexibility index (Phi) is 11.0. The number of amides is 3. The predicted octanol–water partition coefficient (Wildman–Crippen LogP) is 2.73. The molecule has 5 atom stereocenters. The normalized spacial score (nSPS) is 18.7. The molecule has 3 N–H and O–H groups in total. The van der Waals surface area contributed by atoms with Gasteiger partial charge in [-0.25, -0.2) is 0 Å². The van der Waals surface area contributed by atoms with Gasteiger partial charge in [0.25, 0.3) is 5.91 Å². The summed E-state index contributed by atoms with van der Waals surface area (Å²) in [6.45, 7) is 7.92. The highest BCUT2D eigenvalue weighted by molar-refractivity contribution is 5.97. The van der Waals surface area contributed by atoms with Gasteiger partial charge in [-0.2, -0.15) is 0 Å². The summed E-state index contributed by atoms with van der Waals surface area (Å²) in [5.41, 5.74) is 1.85. The molecular weight excluding hydrogens is 498 g/mol. The van der Waals surface area contributed by atoms with E-state index >= 15 is 0 Å². The molecule has 0 aromatic heterocycles. The predicted molar refractivity (Wildman–Crippen MR) is 146 cm³/mol. The van der Waals surface area contributed by atoms with Crippen LogP contribution in [0.5, 0.6) is 0 Å². The number of cyclic esters (lactones) is 1. The average molecular weight is 538 g/mol. The van der Waals surface area contributed by atoms with Gasteiger partial charge in [-0.1, -0.05) is 94.8 Å². The van der Waals surface area contributed by atoms with Crippen molar-refractivity contribution in [1.82, 2.24) is 16.0 Å². The average Bonchev–Trinajstić information content (AvgIpc) is 2.93. The summed E-state index contributed by atoms with van der Waals surface area (Å²) in [6, 6.07) is 17.0. The summed E-state index contributed by atoms with van der Waals surface area (Å²) >= 11 is 0. The second kappa shape index (κ2) is 14.4. The number of esters is 1. The van der Waals surface area contributed by atoms with Crippen LogP contribution < -0.4 is 16.0 Å². The number of hydrogen-bond acceptors (Lipinski definition) is 6. The summed E-state index contributed by atoms with van der Waals surface area (Å²) in [4.78, 5) is 51.4. The van der Waals surface area contributed by atoms with E-state index in [1.165, 1.54) is 0 Å². The third kappa shape index (κ3) is 8.38. The third-order valence-corrected chi connectivity index (χ3v) is 6.94. The van der Waals surface area contributed by atoms with E-state index in [1.807, 2.05) is 74.5 Å². The number of nitrogens with one attached hydrogen (secondary N) is 3. The lowest BCUT2D eigenvalue weighted by Crippen LogP contribution is -2.61. The Hall–Kier alpha value is -3.72. The highest BCUT2D eigenvalue weighted by Gasteiger charge is 2.50. The Morgan fingerprint density at radius 2 is 1.51 bits per heavy atom. The number of rotatable bonds is 14. The SMILES string of the molecule is CC[C@H](C)[C@@H]1C(=O)O[C@H]1C(=O)NC(C(=O)N[C@@H](COCc1ccccc1)C(=O)NCc1ccccc1)C(C)C. The van der Waals surface area contributed by atoms with Gasteiger partial charge in [-0.05, 0) is 23.0 Å². The first-order valence-corrected chi connectivity index (χ1v) is 13.5. The minimum atomic E-state index is -0.988. The minimum Gasteiger partial charge on any atom is -0.451 e. The van der Waals surface area contributed by atoms with Crippen molar-refractivity contribution in [2.45, 2.75) is 65.5 Å². The van der Waals surface area contributed by atoms with Gasteiger partial charge in [0.1, 0.15) is 18.0 Å². The minimum absolute atomic E-state index is 0.0206. The van der Waals surface area contributed by atoms with Crippen LogP contribution in [-0.4, -0.2) is 48.5 Å². The standard InChI is InChI=1S/C30H39N3O6/c1-5-20(4)24-26(39-30(24)37)29(36)33-25(19(2)3)28(35)32-23(18-38-17-22-14-10-7-11-15-22)27(34)31-16-21-12-8-6-9-13-21/h6-15,19-20,23-26H,5,16-18H2,1-4H3,(H,31,34)(H,32,35)(H,33,36)/t20-,23-,24-,25?,26+/m0/s1. The molecule has 9 nitrogen and oxygen atoms in total. The lowest BCUT2D eigenvalue weighted by molar-refractivity contribution is -0.193. The molecule has 2 aromatic rings. The third-order valence-electron chi connectivity index (χ3n) is 6.94. The summed E-state index contributed by atoms with van der Waals surface area (Å²) in [5, 5.41) is 8.34. The zero-order valence-electron chi connectivity index (χ0n) is 23.0. The topological polar surface area (TPSA) is 123 Å². The quantitative estimate of drug-likeness (QED) is 0.319. The van der Waals surface area contributed by atoms with Gasteiger partial charge in [0, 0.05) is 6.54 Å². The molecular formula is C30H39N3O6. The molecule has 1 aliphatic heterocycles. The Bertz CT molecular complexity index is 1110. The molecule has 1 unspecified atom stereocenters. The van der Waals surface area contributed by atoms with Crippen LogP contribution in [0.3, 0.4) is 0 Å². The summed E-state index contributed by atoms with van der Waals surface area (Å²) in [5.74, 6) is -2.68. The molecule has 39 heavy (non-hydrogen) atoms. The monoisotopic (exact) mass is 537 g/mol. The van der Waals surface area contributed by atoms with Crippen molar-refractivity contribution in [3.05, 3.63) is 71.8 Å². The first kappa shape index (κ1) is 29.8. The van der Waals surface area contributed by atoms with Crippen molar-refractivity contribution >= 4 is 23.7 Å².